The van der Waals surface area contributed by atoms with Gasteiger partial charge < -0.3 is 20.1 Å². The summed E-state index contributed by atoms with van der Waals surface area (Å²) < 4.78 is 24.7. The number of halogens is 1. The number of ether oxygens (including phenoxy) is 2. The fraction of sp³-hybridized carbons (Fsp3) is 0.190. The summed E-state index contributed by atoms with van der Waals surface area (Å²) in [6.07, 6.45) is 1.97. The van der Waals surface area contributed by atoms with Gasteiger partial charge in [0, 0.05) is 24.5 Å². The number of rotatable bonds is 6. The first kappa shape index (κ1) is 18.7. The third-order valence-corrected chi connectivity index (χ3v) is 4.32. The van der Waals surface area contributed by atoms with Gasteiger partial charge in [-0.25, -0.2) is 14.4 Å². The molecule has 29 heavy (non-hydrogen) atoms. The molecule has 1 aliphatic rings. The van der Waals surface area contributed by atoms with E-state index in [1.807, 2.05) is 0 Å². The average Bonchev–Trinajstić information content (AvgIpc) is 2.75. The molecule has 2 aromatic carbocycles. The lowest BCUT2D eigenvalue weighted by Gasteiger charge is -2.19. The predicted molar refractivity (Wildman–Crippen MR) is 106 cm³/mol. The van der Waals surface area contributed by atoms with Crippen LogP contribution in [0.1, 0.15) is 16.1 Å². The van der Waals surface area contributed by atoms with E-state index in [0.717, 1.165) is 0 Å². The third kappa shape index (κ3) is 4.60. The van der Waals surface area contributed by atoms with Crippen LogP contribution in [0.4, 0.5) is 16.0 Å². The molecular formula is C21H19FN4O3. The highest BCUT2D eigenvalue weighted by Gasteiger charge is 2.14. The first-order chi connectivity index (χ1) is 14.2. The van der Waals surface area contributed by atoms with E-state index < -0.39 is 0 Å². The fourth-order valence-corrected chi connectivity index (χ4v) is 2.90. The molecule has 0 radical (unpaired) electrons. The van der Waals surface area contributed by atoms with Crippen molar-refractivity contribution >= 4 is 17.5 Å². The van der Waals surface area contributed by atoms with Crippen LogP contribution in [-0.4, -0.2) is 35.6 Å². The van der Waals surface area contributed by atoms with Gasteiger partial charge in [-0.2, -0.15) is 0 Å². The van der Waals surface area contributed by atoms with E-state index in [2.05, 4.69) is 20.6 Å². The molecule has 2 heterocycles. The second kappa shape index (κ2) is 8.55. The number of amides is 1. The number of nitrogens with one attached hydrogen (secondary N) is 2. The zero-order valence-corrected chi connectivity index (χ0v) is 15.5. The summed E-state index contributed by atoms with van der Waals surface area (Å²) in [7, 11) is 0. The van der Waals surface area contributed by atoms with Gasteiger partial charge >= 0.3 is 0 Å². The van der Waals surface area contributed by atoms with Crippen LogP contribution in [0.2, 0.25) is 0 Å². The zero-order chi connectivity index (χ0) is 20.1. The van der Waals surface area contributed by atoms with Crippen molar-refractivity contribution in [3.05, 3.63) is 71.8 Å². The van der Waals surface area contributed by atoms with Crippen LogP contribution in [0.5, 0.6) is 11.5 Å². The van der Waals surface area contributed by atoms with E-state index in [9.17, 15) is 9.18 Å². The van der Waals surface area contributed by atoms with Gasteiger partial charge in [-0.3, -0.25) is 4.79 Å². The van der Waals surface area contributed by atoms with E-state index >= 15 is 0 Å². The van der Waals surface area contributed by atoms with Crippen molar-refractivity contribution in [2.75, 3.05) is 30.4 Å². The molecule has 2 N–H and O–H groups in total. The summed E-state index contributed by atoms with van der Waals surface area (Å²) in [5.41, 5.74) is 1.39. The molecule has 0 unspecified atom stereocenters. The maximum absolute atomic E-state index is 13.7. The lowest BCUT2D eigenvalue weighted by atomic mass is 10.1. The monoisotopic (exact) mass is 394 g/mol. The van der Waals surface area contributed by atoms with Crippen molar-refractivity contribution in [3.8, 4) is 11.5 Å². The van der Waals surface area contributed by atoms with Crippen LogP contribution in [0.3, 0.4) is 0 Å². The number of benzene rings is 2. The summed E-state index contributed by atoms with van der Waals surface area (Å²) in [5, 5.41) is 5.80. The minimum absolute atomic E-state index is 0.211. The molecule has 1 amide bonds. The van der Waals surface area contributed by atoms with Crippen LogP contribution in [0.15, 0.2) is 54.7 Å². The van der Waals surface area contributed by atoms with Crippen LogP contribution >= 0.6 is 0 Å². The summed E-state index contributed by atoms with van der Waals surface area (Å²) in [6, 6.07) is 13.3. The Morgan fingerprint density at radius 3 is 2.76 bits per heavy atom. The molecule has 4 rings (SSSR count). The summed E-state index contributed by atoms with van der Waals surface area (Å²) in [6.45, 7) is 1.42. The van der Waals surface area contributed by atoms with Gasteiger partial charge in [0.15, 0.2) is 11.5 Å². The molecule has 0 atom stereocenters. The first-order valence-corrected chi connectivity index (χ1v) is 9.20. The van der Waals surface area contributed by atoms with E-state index in [-0.39, 0.29) is 17.4 Å². The Kier molecular flexibility index (Phi) is 5.51. The number of aromatic nitrogens is 2. The highest BCUT2D eigenvalue weighted by molar-refractivity contribution is 6.03. The van der Waals surface area contributed by atoms with E-state index in [4.69, 9.17) is 9.47 Å². The molecule has 0 spiro atoms. The molecule has 0 aliphatic carbocycles. The van der Waals surface area contributed by atoms with Crippen LogP contribution in [-0.2, 0) is 6.42 Å². The molecule has 3 aromatic rings. The Balaban J connectivity index is 1.37. The second-order valence-electron chi connectivity index (χ2n) is 6.35. The molecular weight excluding hydrogens is 375 g/mol. The number of nitrogens with zero attached hydrogens (tertiary/aromatic N) is 2. The molecule has 0 fully saturated rings. The van der Waals surface area contributed by atoms with Crippen molar-refractivity contribution in [1.29, 1.82) is 0 Å². The van der Waals surface area contributed by atoms with Gasteiger partial charge in [0.05, 0.1) is 0 Å². The predicted octanol–water partition coefficient (Wildman–Crippen LogP) is 3.29. The Labute approximate surface area is 166 Å². The average molecular weight is 394 g/mol. The molecule has 0 saturated heterocycles. The summed E-state index contributed by atoms with van der Waals surface area (Å²) in [4.78, 5) is 20.9. The molecule has 8 heteroatoms. The van der Waals surface area contributed by atoms with E-state index in [0.29, 0.717) is 54.9 Å². The molecule has 7 nitrogen and oxygen atoms in total. The maximum atomic E-state index is 13.7. The SMILES string of the molecule is O=C(Nc1ccc2c(c1)OCCO2)c1ccnc(NCCc2ccccc2F)n1. The number of hydrogen-bond acceptors (Lipinski definition) is 6. The molecule has 0 bridgehead atoms. The van der Waals surface area contributed by atoms with Gasteiger partial charge in [-0.1, -0.05) is 18.2 Å². The van der Waals surface area contributed by atoms with Crippen molar-refractivity contribution < 1.29 is 18.7 Å². The number of carbonyl (C=O) groups is 1. The summed E-state index contributed by atoms with van der Waals surface area (Å²) >= 11 is 0. The topological polar surface area (TPSA) is 85.4 Å². The Bertz CT molecular complexity index is 1030. The van der Waals surface area contributed by atoms with Crippen LogP contribution < -0.4 is 20.1 Å². The van der Waals surface area contributed by atoms with E-state index in [1.54, 1.807) is 36.4 Å². The Morgan fingerprint density at radius 1 is 1.07 bits per heavy atom. The van der Waals surface area contributed by atoms with Crippen LogP contribution in [0, 0.1) is 5.82 Å². The highest BCUT2D eigenvalue weighted by Crippen LogP contribution is 2.32. The van der Waals surface area contributed by atoms with Gasteiger partial charge in [0.25, 0.3) is 5.91 Å². The molecule has 148 valence electrons. The second-order valence-corrected chi connectivity index (χ2v) is 6.35. The van der Waals surface area contributed by atoms with Crippen LogP contribution in [0.25, 0.3) is 0 Å². The number of anilines is 2. The quantitative estimate of drug-likeness (QED) is 0.667. The minimum atomic E-state index is -0.374. The van der Waals surface area contributed by atoms with Crippen molar-refractivity contribution in [3.63, 3.8) is 0 Å². The standard InChI is InChI=1S/C21H19FN4O3/c22-16-4-2-1-3-14(16)7-9-23-21-24-10-8-17(26-21)20(27)25-15-5-6-18-19(13-15)29-12-11-28-18/h1-6,8,10,13H,7,9,11-12H2,(H,25,27)(H,23,24,26). The number of hydrogen-bond donors (Lipinski definition) is 2. The fourth-order valence-electron chi connectivity index (χ4n) is 2.90. The van der Waals surface area contributed by atoms with Gasteiger partial charge in [-0.05, 0) is 36.2 Å². The van der Waals surface area contributed by atoms with E-state index in [1.165, 1.54) is 18.3 Å². The number of fused-ring (bicyclic) bond motifs is 1. The summed E-state index contributed by atoms with van der Waals surface area (Å²) in [5.74, 6) is 0.921. The first-order valence-electron chi connectivity index (χ1n) is 9.20. The third-order valence-electron chi connectivity index (χ3n) is 4.32. The molecule has 1 aliphatic heterocycles. The zero-order valence-electron chi connectivity index (χ0n) is 15.5. The molecule has 0 saturated carbocycles. The highest BCUT2D eigenvalue weighted by atomic mass is 19.1. The van der Waals surface area contributed by atoms with Crippen molar-refractivity contribution in [1.82, 2.24) is 9.97 Å². The molecule has 1 aromatic heterocycles. The van der Waals surface area contributed by atoms with Crippen molar-refractivity contribution in [2.45, 2.75) is 6.42 Å². The maximum Gasteiger partial charge on any atom is 0.274 e. The number of carbonyl (C=O) groups excluding carboxylic acids is 1. The smallest absolute Gasteiger partial charge is 0.274 e. The Hall–Kier alpha value is -3.68. The Morgan fingerprint density at radius 2 is 1.90 bits per heavy atom. The normalized spacial score (nSPS) is 12.3. The van der Waals surface area contributed by atoms with Gasteiger partial charge in [0.1, 0.15) is 24.7 Å². The lowest BCUT2D eigenvalue weighted by molar-refractivity contribution is 0.102. The largest absolute Gasteiger partial charge is 0.486 e. The van der Waals surface area contributed by atoms with Gasteiger partial charge in [-0.15, -0.1) is 0 Å². The lowest BCUT2D eigenvalue weighted by Crippen LogP contribution is -2.17. The van der Waals surface area contributed by atoms with Gasteiger partial charge in [0.2, 0.25) is 5.95 Å². The minimum Gasteiger partial charge on any atom is -0.486 e. The van der Waals surface area contributed by atoms with Crippen molar-refractivity contribution in [2.24, 2.45) is 0 Å².